The number of ether oxygens (including phenoxy) is 2. The predicted molar refractivity (Wildman–Crippen MR) is 133 cm³/mol. The van der Waals surface area contributed by atoms with Gasteiger partial charge in [0.1, 0.15) is 12.4 Å². The molecule has 0 atom stereocenters. The minimum absolute atomic E-state index is 0.0817. The van der Waals surface area contributed by atoms with Gasteiger partial charge in [0.15, 0.2) is 0 Å². The number of carboxylic acids is 1. The number of thioether (sulfide) groups is 1. The van der Waals surface area contributed by atoms with Crippen molar-refractivity contribution >= 4 is 17.7 Å². The van der Waals surface area contributed by atoms with Gasteiger partial charge in [0, 0.05) is 4.90 Å². The highest BCUT2D eigenvalue weighted by molar-refractivity contribution is 7.99. The van der Waals surface area contributed by atoms with Crippen LogP contribution in [0, 0.1) is 0 Å². The maximum absolute atomic E-state index is 11.2. The molecule has 0 aromatic heterocycles. The van der Waals surface area contributed by atoms with Crippen LogP contribution in [0.3, 0.4) is 0 Å². The monoisotopic (exact) mass is 462 g/mol. The van der Waals surface area contributed by atoms with Gasteiger partial charge < -0.3 is 14.6 Å². The summed E-state index contributed by atoms with van der Waals surface area (Å²) in [4.78, 5) is 12.5. The van der Waals surface area contributed by atoms with E-state index in [1.165, 1.54) is 28.9 Å². The summed E-state index contributed by atoms with van der Waals surface area (Å²) in [5.74, 6) is 1.13. The predicted octanol–water partition coefficient (Wildman–Crippen LogP) is 6.57. The molecule has 4 nitrogen and oxygen atoms in total. The molecule has 1 N–H and O–H groups in total. The van der Waals surface area contributed by atoms with E-state index in [1.54, 1.807) is 0 Å². The Bertz CT molecular complexity index is 1060. The second-order valence-corrected chi connectivity index (χ2v) is 9.75. The quantitative estimate of drug-likeness (QED) is 0.258. The van der Waals surface area contributed by atoms with E-state index in [1.807, 2.05) is 36.0 Å². The highest BCUT2D eigenvalue weighted by Crippen LogP contribution is 2.36. The van der Waals surface area contributed by atoms with Crippen LogP contribution in [0.5, 0.6) is 5.75 Å². The summed E-state index contributed by atoms with van der Waals surface area (Å²) in [6.07, 6.45) is 2.55. The summed E-state index contributed by atoms with van der Waals surface area (Å²) in [5.41, 5.74) is 4.06. The van der Waals surface area contributed by atoms with Gasteiger partial charge in [0.25, 0.3) is 0 Å². The average molecular weight is 463 g/mol. The van der Waals surface area contributed by atoms with E-state index in [-0.39, 0.29) is 6.42 Å². The first kappa shape index (κ1) is 23.4. The normalized spacial score (nSPS) is 14.5. The summed E-state index contributed by atoms with van der Waals surface area (Å²) in [6, 6.07) is 24.9. The van der Waals surface area contributed by atoms with Gasteiger partial charge >= 0.3 is 5.97 Å². The molecule has 4 rings (SSSR count). The fraction of sp³-hybridized carbons (Fsp3) is 0.321. The number of aliphatic carboxylic acids is 1. The van der Waals surface area contributed by atoms with Gasteiger partial charge in [0.05, 0.1) is 25.0 Å². The number of unbranched alkanes of at least 4 members (excludes halogenated alkanes) is 1. The van der Waals surface area contributed by atoms with E-state index < -0.39 is 11.4 Å². The zero-order valence-electron chi connectivity index (χ0n) is 19.0. The van der Waals surface area contributed by atoms with Gasteiger partial charge in [-0.25, -0.2) is 0 Å². The topological polar surface area (TPSA) is 55.8 Å². The lowest BCUT2D eigenvalue weighted by atomic mass is 9.76. The van der Waals surface area contributed by atoms with Crippen molar-refractivity contribution < 1.29 is 19.4 Å². The van der Waals surface area contributed by atoms with Crippen molar-refractivity contribution in [3.05, 3.63) is 83.9 Å². The molecule has 1 aliphatic heterocycles. The van der Waals surface area contributed by atoms with Crippen LogP contribution in [0.25, 0.3) is 11.1 Å². The molecular weight excluding hydrogens is 432 g/mol. The van der Waals surface area contributed by atoms with E-state index in [4.69, 9.17) is 9.47 Å². The molecular formula is C28H30O4S. The van der Waals surface area contributed by atoms with Crippen molar-refractivity contribution in [3.8, 4) is 16.9 Å². The fourth-order valence-corrected chi connectivity index (χ4v) is 5.00. The Morgan fingerprint density at radius 1 is 1.03 bits per heavy atom. The third kappa shape index (κ3) is 5.98. The SMILES string of the molecule is CCCCSc1ccc(-c2cccc(COc3ccc(C4(CC(=O)O)COC4)cc3)c2)cc1. The summed E-state index contributed by atoms with van der Waals surface area (Å²) in [5, 5.41) is 9.22. The molecule has 1 aliphatic rings. The molecule has 1 fully saturated rings. The highest BCUT2D eigenvalue weighted by Gasteiger charge is 2.42. The van der Waals surface area contributed by atoms with Gasteiger partial charge in [0.2, 0.25) is 0 Å². The largest absolute Gasteiger partial charge is 0.489 e. The lowest BCUT2D eigenvalue weighted by Crippen LogP contribution is -2.48. The first-order chi connectivity index (χ1) is 16.1. The highest BCUT2D eigenvalue weighted by atomic mass is 32.2. The smallest absolute Gasteiger partial charge is 0.304 e. The van der Waals surface area contributed by atoms with Crippen molar-refractivity contribution in [2.45, 2.75) is 43.1 Å². The summed E-state index contributed by atoms with van der Waals surface area (Å²) in [6.45, 7) is 3.59. The molecule has 0 aliphatic carbocycles. The molecule has 33 heavy (non-hydrogen) atoms. The molecule has 5 heteroatoms. The van der Waals surface area contributed by atoms with Crippen molar-refractivity contribution in [2.75, 3.05) is 19.0 Å². The Hall–Kier alpha value is -2.76. The van der Waals surface area contributed by atoms with Gasteiger partial charge in [-0.1, -0.05) is 55.8 Å². The molecule has 1 saturated heterocycles. The van der Waals surface area contributed by atoms with Gasteiger partial charge in [-0.2, -0.15) is 0 Å². The molecule has 0 bridgehead atoms. The van der Waals surface area contributed by atoms with Gasteiger partial charge in [-0.3, -0.25) is 4.79 Å². The van der Waals surface area contributed by atoms with E-state index in [0.29, 0.717) is 19.8 Å². The van der Waals surface area contributed by atoms with Crippen molar-refractivity contribution in [3.63, 3.8) is 0 Å². The molecule has 3 aromatic carbocycles. The fourth-order valence-electron chi connectivity index (χ4n) is 4.00. The van der Waals surface area contributed by atoms with Crippen LogP contribution in [0.2, 0.25) is 0 Å². The number of carboxylic acid groups (broad SMARTS) is 1. The maximum Gasteiger partial charge on any atom is 0.304 e. The van der Waals surface area contributed by atoms with Crippen LogP contribution >= 0.6 is 11.8 Å². The van der Waals surface area contributed by atoms with E-state index >= 15 is 0 Å². The van der Waals surface area contributed by atoms with Crippen molar-refractivity contribution in [1.29, 1.82) is 0 Å². The molecule has 0 amide bonds. The number of carbonyl (C=O) groups is 1. The maximum atomic E-state index is 11.2. The van der Waals surface area contributed by atoms with E-state index in [2.05, 4.69) is 55.5 Å². The van der Waals surface area contributed by atoms with Crippen LogP contribution in [-0.2, 0) is 21.6 Å². The van der Waals surface area contributed by atoms with Crippen molar-refractivity contribution in [2.24, 2.45) is 0 Å². The third-order valence-corrected chi connectivity index (χ3v) is 7.10. The third-order valence-electron chi connectivity index (χ3n) is 6.00. The second-order valence-electron chi connectivity index (χ2n) is 8.58. The zero-order valence-corrected chi connectivity index (χ0v) is 19.8. The van der Waals surface area contributed by atoms with Crippen LogP contribution < -0.4 is 4.74 Å². The van der Waals surface area contributed by atoms with Crippen LogP contribution in [0.15, 0.2) is 77.7 Å². The summed E-state index contributed by atoms with van der Waals surface area (Å²) < 4.78 is 11.3. The molecule has 3 aromatic rings. The van der Waals surface area contributed by atoms with Gasteiger partial charge in [-0.05, 0) is 64.8 Å². The summed E-state index contributed by atoms with van der Waals surface area (Å²) in [7, 11) is 0. The zero-order chi connectivity index (χ0) is 23.1. The molecule has 0 unspecified atom stereocenters. The van der Waals surface area contributed by atoms with E-state index in [0.717, 1.165) is 22.6 Å². The van der Waals surface area contributed by atoms with E-state index in [9.17, 15) is 9.90 Å². The second kappa shape index (κ2) is 10.9. The standard InChI is InChI=1S/C28H30O4S/c1-2-3-15-33-26-13-7-22(8-14-26)23-6-4-5-21(16-23)18-32-25-11-9-24(10-12-25)28(17-27(29)30)19-31-20-28/h4-14,16H,2-3,15,17-20H2,1H3,(H,29,30). The number of rotatable bonds is 11. The van der Waals surface area contributed by atoms with Gasteiger partial charge in [-0.15, -0.1) is 11.8 Å². The Labute approximate surface area is 199 Å². The molecule has 172 valence electrons. The first-order valence-electron chi connectivity index (χ1n) is 11.4. The summed E-state index contributed by atoms with van der Waals surface area (Å²) >= 11 is 1.91. The number of benzene rings is 3. The van der Waals surface area contributed by atoms with Crippen molar-refractivity contribution in [1.82, 2.24) is 0 Å². The molecule has 1 heterocycles. The molecule has 0 saturated carbocycles. The minimum atomic E-state index is -0.802. The number of hydrogen-bond donors (Lipinski definition) is 1. The molecule has 0 spiro atoms. The van der Waals surface area contributed by atoms with Crippen LogP contribution in [-0.4, -0.2) is 30.0 Å². The minimum Gasteiger partial charge on any atom is -0.489 e. The Morgan fingerprint density at radius 2 is 1.79 bits per heavy atom. The number of hydrogen-bond acceptors (Lipinski definition) is 4. The molecule has 0 radical (unpaired) electrons. The lowest BCUT2D eigenvalue weighted by Gasteiger charge is -2.40. The first-order valence-corrected chi connectivity index (χ1v) is 12.4. The average Bonchev–Trinajstić information content (AvgIpc) is 2.81. The Kier molecular flexibility index (Phi) is 7.73. The lowest BCUT2D eigenvalue weighted by molar-refractivity contribution is -0.145. The Morgan fingerprint density at radius 3 is 2.42 bits per heavy atom. The Balaban J connectivity index is 1.36. The van der Waals surface area contributed by atoms with Crippen LogP contribution in [0.1, 0.15) is 37.3 Å². The van der Waals surface area contributed by atoms with Crippen LogP contribution in [0.4, 0.5) is 0 Å².